The molecule has 3 heteroatoms. The molecule has 0 atom stereocenters. The van der Waals surface area contributed by atoms with Crippen molar-refractivity contribution < 1.29 is 0 Å². The Morgan fingerprint density at radius 1 is 0.403 bits per heavy atom. The van der Waals surface area contributed by atoms with Crippen molar-refractivity contribution in [2.24, 2.45) is 0 Å². The molecule has 2 nitrogen and oxygen atoms in total. The van der Waals surface area contributed by atoms with E-state index in [4.69, 9.17) is 0 Å². The van der Waals surface area contributed by atoms with Gasteiger partial charge in [0, 0.05) is 34.1 Å². The van der Waals surface area contributed by atoms with Crippen LogP contribution in [-0.4, -0.2) is 6.71 Å². The van der Waals surface area contributed by atoms with Crippen LogP contribution in [-0.2, 0) is 37.9 Å². The van der Waals surface area contributed by atoms with Gasteiger partial charge in [-0.05, 0) is 174 Å². The predicted molar refractivity (Wildman–Crippen MR) is 272 cm³/mol. The summed E-state index contributed by atoms with van der Waals surface area (Å²) < 4.78 is 0. The first-order valence-electron chi connectivity index (χ1n) is 23.8. The summed E-state index contributed by atoms with van der Waals surface area (Å²) in [5, 5.41) is 0. The first kappa shape index (κ1) is 43.0. The van der Waals surface area contributed by atoms with Crippen LogP contribution >= 0.6 is 0 Å². The maximum Gasteiger partial charge on any atom is 0.252 e. The molecular weight excluding hydrogens is 747 g/mol. The Balaban J connectivity index is 1.45. The van der Waals surface area contributed by atoms with Crippen LogP contribution in [0.5, 0.6) is 0 Å². The second-order valence-corrected chi connectivity index (χ2v) is 25.9. The number of anilines is 6. The molecule has 0 aromatic heterocycles. The average molecular weight is 823 g/mol. The summed E-state index contributed by atoms with van der Waals surface area (Å²) in [6, 6.07) is 30.5. The van der Waals surface area contributed by atoms with Crippen LogP contribution in [0.2, 0.25) is 0 Å². The van der Waals surface area contributed by atoms with E-state index >= 15 is 0 Å². The molecule has 0 N–H and O–H groups in total. The lowest BCUT2D eigenvalue weighted by Crippen LogP contribution is -2.62. The lowest BCUT2D eigenvalue weighted by Gasteiger charge is -2.47. The van der Waals surface area contributed by atoms with E-state index in [9.17, 15) is 0 Å². The van der Waals surface area contributed by atoms with Gasteiger partial charge in [0.25, 0.3) is 6.71 Å². The van der Waals surface area contributed by atoms with Crippen LogP contribution in [0.3, 0.4) is 0 Å². The molecule has 2 aliphatic carbocycles. The Kier molecular flexibility index (Phi) is 9.14. The summed E-state index contributed by atoms with van der Waals surface area (Å²) in [5.41, 5.74) is 25.3. The van der Waals surface area contributed by atoms with E-state index in [0.29, 0.717) is 0 Å². The second-order valence-electron chi connectivity index (χ2n) is 25.9. The van der Waals surface area contributed by atoms with E-state index in [2.05, 4.69) is 214 Å². The van der Waals surface area contributed by atoms with Crippen molar-refractivity contribution in [2.45, 2.75) is 189 Å². The molecular formula is C59H75BN2. The van der Waals surface area contributed by atoms with Gasteiger partial charge in [-0.1, -0.05) is 154 Å². The monoisotopic (exact) mass is 823 g/mol. The SMILES string of the molecule is Cc1cc(C(C)(C)C)ccc1N1c2cc(C(C)(C)C)ccc2B2c3cc4c(cc3N(c3cc5c(cc3C)C(C)(C)CCC5(C)C)c3cc(C(C)(C)C)cc1c32)C(C)(C)CC4(C)C. The molecule has 62 heavy (non-hydrogen) atoms. The zero-order valence-corrected chi connectivity index (χ0v) is 42.0. The van der Waals surface area contributed by atoms with Gasteiger partial charge in [-0.2, -0.15) is 0 Å². The Bertz CT molecular complexity index is 2700. The number of nitrogens with zero attached hydrogens (tertiary/aromatic N) is 2. The van der Waals surface area contributed by atoms with E-state index in [1.54, 1.807) is 0 Å². The van der Waals surface area contributed by atoms with Crippen molar-refractivity contribution in [3.63, 3.8) is 0 Å². The molecule has 0 saturated carbocycles. The van der Waals surface area contributed by atoms with Crippen LogP contribution in [0.15, 0.2) is 72.8 Å². The Hall–Kier alpha value is -4.24. The van der Waals surface area contributed by atoms with Gasteiger partial charge in [-0.15, -0.1) is 0 Å². The van der Waals surface area contributed by atoms with Crippen LogP contribution in [0.4, 0.5) is 34.1 Å². The van der Waals surface area contributed by atoms with E-state index in [0.717, 1.165) is 6.42 Å². The van der Waals surface area contributed by atoms with Gasteiger partial charge in [0.15, 0.2) is 0 Å². The van der Waals surface area contributed by atoms with Crippen LogP contribution in [0, 0.1) is 13.8 Å². The minimum Gasteiger partial charge on any atom is -0.311 e. The summed E-state index contributed by atoms with van der Waals surface area (Å²) >= 11 is 0. The van der Waals surface area contributed by atoms with Gasteiger partial charge in [0.1, 0.15) is 0 Å². The normalized spacial score (nSPS) is 19.1. The molecule has 0 bridgehead atoms. The molecule has 2 aliphatic heterocycles. The number of hydrogen-bond donors (Lipinski definition) is 0. The van der Waals surface area contributed by atoms with Crippen molar-refractivity contribution in [3.8, 4) is 0 Å². The molecule has 4 aliphatic rings. The fourth-order valence-electron chi connectivity index (χ4n) is 12.2. The van der Waals surface area contributed by atoms with E-state index in [-0.39, 0.29) is 44.6 Å². The molecule has 9 rings (SSSR count). The van der Waals surface area contributed by atoms with Crippen molar-refractivity contribution >= 4 is 57.2 Å². The quantitative estimate of drug-likeness (QED) is 0.160. The zero-order valence-electron chi connectivity index (χ0n) is 42.0. The molecule has 0 spiro atoms. The largest absolute Gasteiger partial charge is 0.311 e. The van der Waals surface area contributed by atoms with Gasteiger partial charge >= 0.3 is 0 Å². The van der Waals surface area contributed by atoms with Crippen LogP contribution in [0.25, 0.3) is 0 Å². The van der Waals surface area contributed by atoms with Gasteiger partial charge in [0.2, 0.25) is 0 Å². The average Bonchev–Trinajstić information content (AvgIpc) is 3.33. The van der Waals surface area contributed by atoms with Gasteiger partial charge in [-0.25, -0.2) is 0 Å². The van der Waals surface area contributed by atoms with Crippen molar-refractivity contribution in [3.05, 3.63) is 123 Å². The Labute approximate surface area is 377 Å². The highest BCUT2D eigenvalue weighted by Crippen LogP contribution is 2.55. The second kappa shape index (κ2) is 13.2. The number of rotatable bonds is 2. The Morgan fingerprint density at radius 2 is 0.823 bits per heavy atom. The molecule has 0 radical (unpaired) electrons. The fraction of sp³-hybridized carbons (Fsp3) is 0.492. The summed E-state index contributed by atoms with van der Waals surface area (Å²) in [4.78, 5) is 5.42. The standard InChI is InChI=1S/C59H75BN2/c1-35-26-37(53(3,4)5)21-23-46(35)61-48-28-38(54(6,7)8)20-22-44(48)60-45-31-41-43(59(18,19)34-58(41,16)17)33-49(45)62(51-30-39(55(9,10)11)29-50(61)52(51)60)47-32-42-40(27-36(47)2)56(12,13)24-25-57(42,14)15/h20-23,26-33H,24-25,34H2,1-19H3. The molecule has 0 fully saturated rings. The Morgan fingerprint density at radius 3 is 1.37 bits per heavy atom. The third-order valence-electron chi connectivity index (χ3n) is 16.0. The van der Waals surface area contributed by atoms with Gasteiger partial charge in [0.05, 0.1) is 0 Å². The van der Waals surface area contributed by atoms with Crippen molar-refractivity contribution in [1.29, 1.82) is 0 Å². The maximum absolute atomic E-state index is 2.75. The highest BCUT2D eigenvalue weighted by Gasteiger charge is 2.49. The van der Waals surface area contributed by atoms with Gasteiger partial charge in [-0.3, -0.25) is 0 Å². The molecule has 0 amide bonds. The summed E-state index contributed by atoms with van der Waals surface area (Å²) in [6.07, 6.45) is 3.54. The highest BCUT2D eigenvalue weighted by molar-refractivity contribution is 7.00. The lowest BCUT2D eigenvalue weighted by molar-refractivity contribution is 0.332. The van der Waals surface area contributed by atoms with E-state index < -0.39 is 0 Å². The summed E-state index contributed by atoms with van der Waals surface area (Å²) in [5.74, 6) is 0. The van der Waals surface area contributed by atoms with Gasteiger partial charge < -0.3 is 9.80 Å². The zero-order chi connectivity index (χ0) is 45.2. The van der Waals surface area contributed by atoms with Crippen molar-refractivity contribution in [1.82, 2.24) is 0 Å². The topological polar surface area (TPSA) is 6.48 Å². The fourth-order valence-corrected chi connectivity index (χ4v) is 12.2. The van der Waals surface area contributed by atoms with Crippen molar-refractivity contribution in [2.75, 3.05) is 9.80 Å². The number of hydrogen-bond acceptors (Lipinski definition) is 2. The smallest absolute Gasteiger partial charge is 0.252 e. The molecule has 0 unspecified atom stereocenters. The maximum atomic E-state index is 2.75. The summed E-state index contributed by atoms with van der Waals surface area (Å²) in [6.45, 7) is 45.9. The summed E-state index contributed by atoms with van der Waals surface area (Å²) in [7, 11) is 0. The minimum atomic E-state index is -0.0851. The molecule has 5 aromatic carbocycles. The molecule has 5 aromatic rings. The van der Waals surface area contributed by atoms with Crippen LogP contribution < -0.4 is 26.2 Å². The minimum absolute atomic E-state index is 0.00541. The number of fused-ring (bicyclic) bond motifs is 6. The van der Waals surface area contributed by atoms with E-state index in [1.165, 1.54) is 113 Å². The highest BCUT2D eigenvalue weighted by atomic mass is 15.2. The van der Waals surface area contributed by atoms with E-state index in [1.807, 2.05) is 0 Å². The lowest BCUT2D eigenvalue weighted by atomic mass is 9.33. The number of benzene rings is 5. The number of aryl methyl sites for hydroxylation is 2. The molecule has 0 saturated heterocycles. The third kappa shape index (κ3) is 6.47. The predicted octanol–water partition coefficient (Wildman–Crippen LogP) is 14.6. The molecule has 2 heterocycles. The first-order valence-corrected chi connectivity index (χ1v) is 23.8. The first-order chi connectivity index (χ1) is 28.4. The van der Waals surface area contributed by atoms with Crippen LogP contribution in [0.1, 0.15) is 187 Å². The third-order valence-corrected chi connectivity index (χ3v) is 16.0. The molecule has 324 valence electrons.